The van der Waals surface area contributed by atoms with E-state index in [1.807, 2.05) is 29.9 Å². The van der Waals surface area contributed by atoms with E-state index in [2.05, 4.69) is 382 Å². The number of rotatable bonds is 6. The predicted octanol–water partition coefficient (Wildman–Crippen LogP) is 22.2. The van der Waals surface area contributed by atoms with Gasteiger partial charge in [0.25, 0.3) is 0 Å². The molecule has 0 amide bonds. The molecular formula is C36H18Br24Ni. The summed E-state index contributed by atoms with van der Waals surface area (Å²) < 4.78 is -0.176. The Morgan fingerprint density at radius 2 is 0.344 bits per heavy atom. The minimum Gasteiger partial charge on any atom is -0.0823 e. The Kier molecular flexibility index (Phi) is 30.4. The summed E-state index contributed by atoms with van der Waals surface area (Å²) in [6.07, 6.45) is 0. The van der Waals surface area contributed by atoms with Crippen LogP contribution in [0.4, 0.5) is 0 Å². The van der Waals surface area contributed by atoms with Gasteiger partial charge in [-0.2, -0.15) is 0 Å². The topological polar surface area (TPSA) is 0 Å². The summed E-state index contributed by atoms with van der Waals surface area (Å²) in [5, 5.41) is 6.49. The monoisotopic (exact) mass is 2400 g/mol. The zero-order chi connectivity index (χ0) is 45.6. The van der Waals surface area contributed by atoms with E-state index >= 15 is 0 Å². The fraction of sp³-hybridized carbons (Fsp3) is 0.333. The maximum absolute atomic E-state index is 3.80. The molecule has 0 aliphatic heterocycles. The van der Waals surface area contributed by atoms with E-state index in [4.69, 9.17) is 0 Å². The van der Waals surface area contributed by atoms with Crippen molar-refractivity contribution in [3.8, 4) is 0 Å². The van der Waals surface area contributed by atoms with Crippen molar-refractivity contribution >= 4 is 412 Å². The maximum Gasteiger partial charge on any atom is 0.0953 e. The molecule has 6 atom stereocenters. The third-order valence-electron chi connectivity index (χ3n) is 9.61. The van der Waals surface area contributed by atoms with Gasteiger partial charge < -0.3 is 0 Å². The summed E-state index contributed by atoms with van der Waals surface area (Å²) in [5.74, 6) is 0. The summed E-state index contributed by atoms with van der Waals surface area (Å²) in [6.45, 7) is 0. The molecule has 0 nitrogen and oxygen atoms in total. The molecule has 0 fully saturated rings. The van der Waals surface area contributed by atoms with Gasteiger partial charge in [0.2, 0.25) is 0 Å². The van der Waals surface area contributed by atoms with E-state index in [-0.39, 0.29) is 38.9 Å². The van der Waals surface area contributed by atoms with Gasteiger partial charge in [0.05, 0.1) is 51.4 Å². The Morgan fingerprint density at radius 3 is 0.410 bits per heavy atom. The molecular weight excluding hydrogens is 2410 g/mol. The first-order valence-electron chi connectivity index (χ1n) is 15.9. The summed E-state index contributed by atoms with van der Waals surface area (Å²) in [7, 11) is 0. The first kappa shape index (κ1) is 64.2. The molecule has 6 rings (SSSR count). The molecule has 0 spiro atoms. The van der Waals surface area contributed by atoms with Crippen LogP contribution in [0.2, 0.25) is 0 Å². The summed E-state index contributed by atoms with van der Waals surface area (Å²) >= 11 is 87.7. The second kappa shape index (κ2) is 28.9. The third kappa shape index (κ3) is 13.2. The van der Waals surface area contributed by atoms with Crippen LogP contribution >= 0.6 is 382 Å². The molecule has 0 saturated heterocycles. The molecule has 0 saturated carbocycles. The zero-order valence-corrected chi connectivity index (χ0v) is 67.8. The van der Waals surface area contributed by atoms with Gasteiger partial charge in [-0.15, -0.1) is 0 Å². The van der Waals surface area contributed by atoms with Crippen LogP contribution in [0.3, 0.4) is 0 Å². The number of hydrogen-bond donors (Lipinski definition) is 0. The zero-order valence-electron chi connectivity index (χ0n) is 28.8. The number of fused-ring (bicyclic) bond motifs is 6. The van der Waals surface area contributed by atoms with Crippen molar-refractivity contribution in [2.45, 2.75) is 51.4 Å². The van der Waals surface area contributed by atoms with Crippen molar-refractivity contribution in [2.24, 2.45) is 0 Å². The third-order valence-corrected chi connectivity index (χ3v) is 25.9. The number of benzene rings is 3. The van der Waals surface area contributed by atoms with Crippen molar-refractivity contribution in [1.82, 2.24) is 0 Å². The second-order valence-electron chi connectivity index (χ2n) is 12.3. The molecule has 3 aliphatic rings. The molecule has 0 heterocycles. The van der Waals surface area contributed by atoms with Crippen LogP contribution in [-0.2, 0) is 16.5 Å². The summed E-state index contributed by atoms with van der Waals surface area (Å²) in [4.78, 5) is 14.1. The van der Waals surface area contributed by atoms with Crippen LogP contribution in [0.25, 0.3) is 29.9 Å². The van der Waals surface area contributed by atoms with Gasteiger partial charge in [-0.25, -0.2) is 0 Å². The minimum atomic E-state index is -0.0293. The van der Waals surface area contributed by atoms with Crippen molar-refractivity contribution in [1.29, 1.82) is 0 Å². The molecule has 0 radical (unpaired) electrons. The van der Waals surface area contributed by atoms with E-state index in [0.717, 1.165) is 64.7 Å². The molecule has 61 heavy (non-hydrogen) atoms. The van der Waals surface area contributed by atoms with Crippen LogP contribution in [0.5, 0.6) is 0 Å². The SMILES string of the molecule is BrC(Br)c1c(C(Br)Br)c(C(Br)Br)c(C(Br)Br)c(C(Br)Br)c1C(Br)Br.BrC=c1c(=CBr)c(=CBr)c(=CBr)c(=CBr)c1=CBr.Br[C@@H]1c2c(c3c(c4c2[C@H](Br)[C@H]4Br)[C@H](Br)[C@H]3Br)[C@H]1Br.[Ni]. The van der Waals surface area contributed by atoms with Crippen LogP contribution < -0.4 is 31.3 Å². The van der Waals surface area contributed by atoms with Crippen molar-refractivity contribution < 1.29 is 16.5 Å². The molecule has 3 aliphatic carbocycles. The molecule has 0 N–H and O–H groups in total. The number of halogens is 24. The van der Waals surface area contributed by atoms with Crippen molar-refractivity contribution in [3.05, 3.63) is 98.1 Å². The smallest absolute Gasteiger partial charge is 0.0823 e. The molecule has 0 aromatic heterocycles. The Bertz CT molecular complexity index is 1980. The van der Waals surface area contributed by atoms with E-state index in [1.54, 1.807) is 0 Å². The standard InChI is InChI=1S/C12H6Br12.2C12H6Br6.Ni/c13-7(14)1-2(8(15)16)4(10(19)20)6(12(23)24)5(11(21)22)3(1)9(17)18;13-7-1-2(8(7)14)4-6(12(18)11(4)17)5-3(1)9(15)10(5)16;13-1-7-8(2-14)10(4-16)12(6-18)11(5-17)9(7)3-15;/h7-12H;7-12H;1-6H;/t;7-,8-,9-,10-,11+,12+;;/m.0../s1. The van der Waals surface area contributed by atoms with Gasteiger partial charge in [-0.1, -0.05) is 382 Å². The number of hydrogen-bond acceptors (Lipinski definition) is 0. The van der Waals surface area contributed by atoms with Gasteiger partial charge in [-0.05, 0) is 128 Å². The van der Waals surface area contributed by atoms with Gasteiger partial charge in [0.1, 0.15) is 0 Å². The Balaban J connectivity index is 0.000000245. The van der Waals surface area contributed by atoms with Crippen LogP contribution in [0.1, 0.15) is 118 Å². The predicted molar refractivity (Wildman–Crippen MR) is 351 cm³/mol. The second-order valence-corrected chi connectivity index (χ2v) is 39.3. The molecule has 3 aromatic rings. The van der Waals surface area contributed by atoms with Crippen molar-refractivity contribution in [3.63, 3.8) is 0 Å². The van der Waals surface area contributed by atoms with E-state index < -0.39 is 0 Å². The van der Waals surface area contributed by atoms with Gasteiger partial charge >= 0.3 is 0 Å². The van der Waals surface area contributed by atoms with E-state index in [0.29, 0.717) is 29.0 Å². The number of alkyl halides is 18. The van der Waals surface area contributed by atoms with Gasteiger partial charge in [-0.3, -0.25) is 0 Å². The Labute approximate surface area is 566 Å². The largest absolute Gasteiger partial charge is 0.0953 e. The van der Waals surface area contributed by atoms with E-state index in [1.165, 1.54) is 33.4 Å². The summed E-state index contributed by atoms with van der Waals surface area (Å²) in [5.41, 5.74) is 15.8. The first-order chi connectivity index (χ1) is 28.1. The maximum atomic E-state index is 3.80. The van der Waals surface area contributed by atoms with Gasteiger partial charge in [0.15, 0.2) is 0 Å². The van der Waals surface area contributed by atoms with Crippen LogP contribution in [0, 0.1) is 0 Å². The first-order valence-corrected chi connectivity index (χ1v) is 37.9. The minimum absolute atomic E-state index is 0. The summed E-state index contributed by atoms with van der Waals surface area (Å²) in [6, 6.07) is 0. The molecule has 0 unspecified atom stereocenters. The average molecular weight is 2430 g/mol. The quantitative estimate of drug-likeness (QED) is 0.170. The molecule has 3 aromatic carbocycles. The fourth-order valence-electron chi connectivity index (χ4n) is 7.10. The van der Waals surface area contributed by atoms with Crippen LogP contribution in [0.15, 0.2) is 0 Å². The molecule has 0 bridgehead atoms. The van der Waals surface area contributed by atoms with Gasteiger partial charge in [0, 0.05) is 16.5 Å². The fourth-order valence-corrected chi connectivity index (χ4v) is 20.5. The Hall–Kier alpha value is 8.89. The van der Waals surface area contributed by atoms with E-state index in [9.17, 15) is 0 Å². The Morgan fingerprint density at radius 1 is 0.246 bits per heavy atom. The molecule has 340 valence electrons. The average Bonchev–Trinajstić information content (AvgIpc) is 3.21. The van der Waals surface area contributed by atoms with Crippen LogP contribution in [-0.4, -0.2) is 0 Å². The van der Waals surface area contributed by atoms with Crippen molar-refractivity contribution in [2.75, 3.05) is 0 Å². The normalized spacial score (nSPS) is 20.6. The molecule has 25 heteroatoms.